The molecule has 2 aromatic rings. The second kappa shape index (κ2) is 7.50. The first-order valence-corrected chi connectivity index (χ1v) is 9.53. The van der Waals surface area contributed by atoms with Crippen LogP contribution in [0.2, 0.25) is 0 Å². The smallest absolute Gasteiger partial charge is 0.254 e. The Kier molecular flexibility index (Phi) is 4.93. The van der Waals surface area contributed by atoms with Gasteiger partial charge < -0.3 is 14.5 Å². The van der Waals surface area contributed by atoms with Gasteiger partial charge in [0.2, 0.25) is 0 Å². The van der Waals surface area contributed by atoms with Crippen molar-refractivity contribution in [2.24, 2.45) is 0 Å². The number of benzene rings is 2. The van der Waals surface area contributed by atoms with Crippen LogP contribution in [0.3, 0.4) is 0 Å². The van der Waals surface area contributed by atoms with E-state index in [9.17, 15) is 4.79 Å². The van der Waals surface area contributed by atoms with Crippen molar-refractivity contribution >= 4 is 5.91 Å². The molecule has 4 heteroatoms. The summed E-state index contributed by atoms with van der Waals surface area (Å²) < 4.78 is 5.23. The summed E-state index contributed by atoms with van der Waals surface area (Å²) in [6, 6.07) is 14.3. The largest absolute Gasteiger partial charge is 0.497 e. The normalized spacial score (nSPS) is 17.4. The van der Waals surface area contributed by atoms with Gasteiger partial charge in [0.25, 0.3) is 5.91 Å². The van der Waals surface area contributed by atoms with Crippen LogP contribution in [0.4, 0.5) is 0 Å². The molecule has 2 heterocycles. The van der Waals surface area contributed by atoms with Crippen molar-refractivity contribution in [2.75, 3.05) is 39.8 Å². The fourth-order valence-corrected chi connectivity index (χ4v) is 3.98. The molecule has 0 aliphatic carbocycles. The van der Waals surface area contributed by atoms with Crippen molar-refractivity contribution in [3.05, 3.63) is 53.6 Å². The van der Waals surface area contributed by atoms with E-state index in [2.05, 4.69) is 29.2 Å². The van der Waals surface area contributed by atoms with Crippen molar-refractivity contribution in [1.29, 1.82) is 0 Å². The Labute approximate surface area is 155 Å². The third kappa shape index (κ3) is 3.47. The first kappa shape index (κ1) is 17.1. The number of nitrogens with zero attached hydrogens (tertiary/aromatic N) is 2. The molecule has 0 radical (unpaired) electrons. The number of rotatable bonds is 5. The Morgan fingerprint density at radius 1 is 0.923 bits per heavy atom. The van der Waals surface area contributed by atoms with E-state index < -0.39 is 0 Å². The van der Waals surface area contributed by atoms with Gasteiger partial charge in [-0.1, -0.05) is 24.3 Å². The fourth-order valence-electron chi connectivity index (χ4n) is 3.98. The van der Waals surface area contributed by atoms with Gasteiger partial charge in [0.15, 0.2) is 0 Å². The van der Waals surface area contributed by atoms with E-state index >= 15 is 0 Å². The number of carbonyl (C=O) groups excluding carboxylic acids is 1. The van der Waals surface area contributed by atoms with Gasteiger partial charge in [0, 0.05) is 25.2 Å². The molecule has 1 fully saturated rings. The standard InChI is InChI=1S/C22H26N2O2/c1-26-20-7-4-17(5-8-20)18-6-9-21-19(16-18)10-13-24(22(21)25)15-14-23-11-2-3-12-23/h4-9,16H,2-3,10-15H2,1H3. The molecule has 1 saturated heterocycles. The maximum Gasteiger partial charge on any atom is 0.254 e. The number of amides is 1. The van der Waals surface area contributed by atoms with Crippen LogP contribution in [0.1, 0.15) is 28.8 Å². The maximum atomic E-state index is 12.8. The number of fused-ring (bicyclic) bond motifs is 1. The Balaban J connectivity index is 1.47. The van der Waals surface area contributed by atoms with Gasteiger partial charge in [-0.25, -0.2) is 0 Å². The van der Waals surface area contributed by atoms with Crippen LogP contribution in [0.5, 0.6) is 5.75 Å². The molecule has 0 aromatic heterocycles. The van der Waals surface area contributed by atoms with Crippen molar-refractivity contribution in [2.45, 2.75) is 19.3 Å². The van der Waals surface area contributed by atoms with Gasteiger partial charge in [0.1, 0.15) is 5.75 Å². The Morgan fingerprint density at radius 3 is 2.38 bits per heavy atom. The zero-order valence-corrected chi connectivity index (χ0v) is 15.4. The second-order valence-electron chi connectivity index (χ2n) is 7.19. The molecule has 2 aliphatic heterocycles. The van der Waals surface area contributed by atoms with Gasteiger partial charge in [0.05, 0.1) is 7.11 Å². The molecule has 26 heavy (non-hydrogen) atoms. The van der Waals surface area contributed by atoms with Crippen LogP contribution in [0, 0.1) is 0 Å². The first-order chi connectivity index (χ1) is 12.7. The molecule has 4 rings (SSSR count). The highest BCUT2D eigenvalue weighted by molar-refractivity contribution is 5.97. The van der Waals surface area contributed by atoms with Crippen LogP contribution in [-0.4, -0.2) is 55.5 Å². The zero-order valence-electron chi connectivity index (χ0n) is 15.4. The lowest BCUT2D eigenvalue weighted by atomic mass is 9.94. The molecule has 1 amide bonds. The average molecular weight is 350 g/mol. The van der Waals surface area contributed by atoms with Gasteiger partial charge in [-0.05, 0) is 67.2 Å². The van der Waals surface area contributed by atoms with Crippen LogP contribution in [0.25, 0.3) is 11.1 Å². The van der Waals surface area contributed by atoms with Crippen LogP contribution < -0.4 is 4.74 Å². The molecule has 136 valence electrons. The molecular formula is C22H26N2O2. The highest BCUT2D eigenvalue weighted by Gasteiger charge is 2.25. The minimum absolute atomic E-state index is 0.187. The van der Waals surface area contributed by atoms with Gasteiger partial charge in [-0.2, -0.15) is 0 Å². The monoisotopic (exact) mass is 350 g/mol. The lowest BCUT2D eigenvalue weighted by Crippen LogP contribution is -2.42. The molecule has 2 aromatic carbocycles. The molecule has 0 spiro atoms. The summed E-state index contributed by atoms with van der Waals surface area (Å²) >= 11 is 0. The van der Waals surface area contributed by atoms with E-state index in [1.165, 1.54) is 31.5 Å². The van der Waals surface area contributed by atoms with E-state index in [1.54, 1.807) is 7.11 Å². The summed E-state index contributed by atoms with van der Waals surface area (Å²) in [4.78, 5) is 17.3. The predicted molar refractivity (Wildman–Crippen MR) is 104 cm³/mol. The molecule has 0 atom stereocenters. The molecule has 0 unspecified atom stereocenters. The van der Waals surface area contributed by atoms with E-state index in [-0.39, 0.29) is 5.91 Å². The van der Waals surface area contributed by atoms with Crippen molar-refractivity contribution in [1.82, 2.24) is 9.80 Å². The van der Waals surface area contributed by atoms with Crippen molar-refractivity contribution in [3.63, 3.8) is 0 Å². The molecular weight excluding hydrogens is 324 g/mol. The Bertz CT molecular complexity index is 779. The summed E-state index contributed by atoms with van der Waals surface area (Å²) in [5, 5.41) is 0. The summed E-state index contributed by atoms with van der Waals surface area (Å²) in [7, 11) is 1.68. The van der Waals surface area contributed by atoms with Crippen LogP contribution >= 0.6 is 0 Å². The second-order valence-corrected chi connectivity index (χ2v) is 7.19. The number of ether oxygens (including phenoxy) is 1. The summed E-state index contributed by atoms with van der Waals surface area (Å²) in [6.45, 7) is 5.04. The van der Waals surface area contributed by atoms with E-state index in [0.717, 1.165) is 48.5 Å². The number of carbonyl (C=O) groups is 1. The maximum absolute atomic E-state index is 12.8. The van der Waals surface area contributed by atoms with Gasteiger partial charge in [-0.15, -0.1) is 0 Å². The summed E-state index contributed by atoms with van der Waals surface area (Å²) in [5.41, 5.74) is 4.35. The SMILES string of the molecule is COc1ccc(-c2ccc3c(c2)CCN(CCN2CCCC2)C3=O)cc1. The van der Waals surface area contributed by atoms with Crippen molar-refractivity contribution in [3.8, 4) is 16.9 Å². The van der Waals surface area contributed by atoms with Crippen LogP contribution in [-0.2, 0) is 6.42 Å². The molecule has 0 saturated carbocycles. The minimum Gasteiger partial charge on any atom is -0.497 e. The van der Waals surface area contributed by atoms with Gasteiger partial charge in [-0.3, -0.25) is 4.79 Å². The highest BCUT2D eigenvalue weighted by Crippen LogP contribution is 2.27. The van der Waals surface area contributed by atoms with Gasteiger partial charge >= 0.3 is 0 Å². The Morgan fingerprint density at radius 2 is 1.65 bits per heavy atom. The number of hydrogen-bond acceptors (Lipinski definition) is 3. The minimum atomic E-state index is 0.187. The predicted octanol–water partition coefficient (Wildman–Crippen LogP) is 3.46. The molecule has 0 N–H and O–H groups in total. The molecule has 2 aliphatic rings. The lowest BCUT2D eigenvalue weighted by molar-refractivity contribution is 0.0724. The lowest BCUT2D eigenvalue weighted by Gasteiger charge is -2.30. The highest BCUT2D eigenvalue weighted by atomic mass is 16.5. The topological polar surface area (TPSA) is 32.8 Å². The quantitative estimate of drug-likeness (QED) is 0.828. The first-order valence-electron chi connectivity index (χ1n) is 9.53. The Hall–Kier alpha value is -2.33. The third-order valence-electron chi connectivity index (χ3n) is 5.58. The van der Waals surface area contributed by atoms with E-state index in [0.29, 0.717) is 0 Å². The third-order valence-corrected chi connectivity index (χ3v) is 5.58. The van der Waals surface area contributed by atoms with E-state index in [4.69, 9.17) is 4.74 Å². The number of hydrogen-bond donors (Lipinski definition) is 0. The molecule has 4 nitrogen and oxygen atoms in total. The number of methoxy groups -OCH3 is 1. The van der Waals surface area contributed by atoms with Crippen molar-refractivity contribution < 1.29 is 9.53 Å². The molecule has 0 bridgehead atoms. The van der Waals surface area contributed by atoms with E-state index in [1.807, 2.05) is 23.1 Å². The average Bonchev–Trinajstić information content (AvgIpc) is 3.21. The zero-order chi connectivity index (χ0) is 17.9. The summed E-state index contributed by atoms with van der Waals surface area (Å²) in [6.07, 6.45) is 3.53. The fraction of sp³-hybridized carbons (Fsp3) is 0.409. The summed E-state index contributed by atoms with van der Waals surface area (Å²) in [5.74, 6) is 1.04. The number of likely N-dealkylation sites (tertiary alicyclic amines) is 1. The van der Waals surface area contributed by atoms with Crippen LogP contribution in [0.15, 0.2) is 42.5 Å².